The first-order valence-corrected chi connectivity index (χ1v) is 7.08. The van der Waals surface area contributed by atoms with Crippen LogP contribution in [-0.4, -0.2) is 51.6 Å². The quantitative estimate of drug-likeness (QED) is 0.602. The van der Waals surface area contributed by atoms with Crippen LogP contribution in [0.2, 0.25) is 0 Å². The Labute approximate surface area is 106 Å². The average Bonchev–Trinajstić information content (AvgIpc) is 2.29. The van der Waals surface area contributed by atoms with Crippen LogP contribution in [0, 0.1) is 0 Å². The first-order chi connectivity index (χ1) is 8.43. The molecule has 0 unspecified atom stereocenters. The molecule has 18 heavy (non-hydrogen) atoms. The van der Waals surface area contributed by atoms with E-state index in [1.807, 2.05) is 0 Å². The molecular formula is C9H18N2O6S. The van der Waals surface area contributed by atoms with Gasteiger partial charge < -0.3 is 14.6 Å². The topological polar surface area (TPSA) is 114 Å². The van der Waals surface area contributed by atoms with E-state index in [9.17, 15) is 18.3 Å². The van der Waals surface area contributed by atoms with Crippen molar-refractivity contribution < 1.29 is 27.8 Å². The highest BCUT2D eigenvalue weighted by atomic mass is 32.2. The number of nitrogens with one attached hydrogen (secondary N) is 2. The molecule has 9 heteroatoms. The minimum Gasteiger partial charge on any atom is -0.449 e. The normalized spacial score (nSPS) is 19.2. The minimum atomic E-state index is -4.06. The van der Waals surface area contributed by atoms with Gasteiger partial charge in [-0.15, -0.1) is 0 Å². The van der Waals surface area contributed by atoms with E-state index in [1.165, 1.54) is 0 Å². The van der Waals surface area contributed by atoms with Gasteiger partial charge in [-0.25, -0.2) is 9.52 Å². The molecule has 0 saturated carbocycles. The molecule has 0 bridgehead atoms. The number of carbonyl (C=O) groups is 1. The van der Waals surface area contributed by atoms with Gasteiger partial charge >= 0.3 is 16.3 Å². The van der Waals surface area contributed by atoms with Gasteiger partial charge in [0.15, 0.2) is 0 Å². The van der Waals surface area contributed by atoms with Crippen LogP contribution in [0.1, 0.15) is 19.8 Å². The molecule has 1 heterocycles. The molecule has 1 saturated heterocycles. The fourth-order valence-corrected chi connectivity index (χ4v) is 2.80. The molecule has 1 amide bonds. The van der Waals surface area contributed by atoms with Crippen molar-refractivity contribution in [3.05, 3.63) is 0 Å². The lowest BCUT2D eigenvalue weighted by atomic mass is 9.93. The molecule has 0 radical (unpaired) electrons. The summed E-state index contributed by atoms with van der Waals surface area (Å²) in [5.41, 5.74) is -0.990. The highest BCUT2D eigenvalue weighted by Gasteiger charge is 2.36. The summed E-state index contributed by atoms with van der Waals surface area (Å²) >= 11 is 0. The summed E-state index contributed by atoms with van der Waals surface area (Å²) in [5, 5.41) is 9.32. The number of aliphatic hydroxyl groups excluding tert-OH is 1. The molecule has 1 fully saturated rings. The molecular weight excluding hydrogens is 264 g/mol. The maximum atomic E-state index is 11.7. The summed E-state index contributed by atoms with van der Waals surface area (Å²) in [4.78, 5) is 11.1. The van der Waals surface area contributed by atoms with E-state index in [1.54, 1.807) is 11.6 Å². The third-order valence-electron chi connectivity index (χ3n) is 2.60. The van der Waals surface area contributed by atoms with Gasteiger partial charge in [-0.2, -0.15) is 13.1 Å². The van der Waals surface area contributed by atoms with Gasteiger partial charge in [-0.1, -0.05) is 0 Å². The van der Waals surface area contributed by atoms with Gasteiger partial charge in [0.2, 0.25) is 0 Å². The van der Waals surface area contributed by atoms with Crippen LogP contribution in [-0.2, 0) is 19.7 Å². The van der Waals surface area contributed by atoms with E-state index in [0.717, 1.165) is 0 Å². The standard InChI is InChI=1S/C9H18N2O6S/c1-2-17-8(13)10-18(14,15)11-9(7-12)3-5-16-6-4-9/h11-12H,2-7H2,1H3,(H,10,13). The SMILES string of the molecule is CCOC(=O)NS(=O)(=O)NC1(CO)CCOCC1. The molecule has 1 rings (SSSR count). The third kappa shape index (κ3) is 4.41. The van der Waals surface area contributed by atoms with E-state index in [-0.39, 0.29) is 13.2 Å². The van der Waals surface area contributed by atoms with E-state index < -0.39 is 21.8 Å². The van der Waals surface area contributed by atoms with Crippen LogP contribution in [0.3, 0.4) is 0 Å². The van der Waals surface area contributed by atoms with Crippen molar-refractivity contribution in [2.24, 2.45) is 0 Å². The fraction of sp³-hybridized carbons (Fsp3) is 0.889. The second kappa shape index (κ2) is 6.32. The van der Waals surface area contributed by atoms with Crippen LogP contribution < -0.4 is 9.44 Å². The van der Waals surface area contributed by atoms with Crippen molar-refractivity contribution in [2.75, 3.05) is 26.4 Å². The lowest BCUT2D eigenvalue weighted by molar-refractivity contribution is 0.0221. The lowest BCUT2D eigenvalue weighted by Crippen LogP contribution is -2.57. The van der Waals surface area contributed by atoms with Crippen molar-refractivity contribution >= 4 is 16.3 Å². The largest absolute Gasteiger partial charge is 0.449 e. The molecule has 0 atom stereocenters. The number of rotatable bonds is 5. The molecule has 106 valence electrons. The fourth-order valence-electron chi connectivity index (χ4n) is 1.64. The Morgan fingerprint density at radius 2 is 2.06 bits per heavy atom. The van der Waals surface area contributed by atoms with Gasteiger partial charge in [-0.3, -0.25) is 0 Å². The number of ether oxygens (including phenoxy) is 2. The Morgan fingerprint density at radius 3 is 2.56 bits per heavy atom. The van der Waals surface area contributed by atoms with Crippen molar-refractivity contribution in [2.45, 2.75) is 25.3 Å². The maximum Gasteiger partial charge on any atom is 0.421 e. The van der Waals surface area contributed by atoms with Crippen molar-refractivity contribution in [1.82, 2.24) is 9.44 Å². The van der Waals surface area contributed by atoms with E-state index in [0.29, 0.717) is 26.1 Å². The highest BCUT2D eigenvalue weighted by molar-refractivity contribution is 7.88. The number of carbonyl (C=O) groups excluding carboxylic acids is 1. The summed E-state index contributed by atoms with van der Waals surface area (Å²) < 4.78 is 36.9. The zero-order valence-electron chi connectivity index (χ0n) is 10.1. The monoisotopic (exact) mass is 282 g/mol. The summed E-state index contributed by atoms with van der Waals surface area (Å²) in [7, 11) is -4.06. The minimum absolute atomic E-state index is 0.0698. The van der Waals surface area contributed by atoms with Gasteiger partial charge in [0.25, 0.3) is 0 Å². The van der Waals surface area contributed by atoms with Crippen LogP contribution in [0.4, 0.5) is 4.79 Å². The van der Waals surface area contributed by atoms with Crippen LogP contribution in [0.25, 0.3) is 0 Å². The molecule has 0 aromatic heterocycles. The molecule has 0 aromatic rings. The first-order valence-electron chi connectivity index (χ1n) is 5.60. The average molecular weight is 282 g/mol. The molecule has 1 aliphatic heterocycles. The van der Waals surface area contributed by atoms with Crippen molar-refractivity contribution in [3.8, 4) is 0 Å². The molecule has 0 spiro atoms. The van der Waals surface area contributed by atoms with Gasteiger partial charge in [-0.05, 0) is 19.8 Å². The summed E-state index contributed by atoms with van der Waals surface area (Å²) in [6.45, 7) is 1.97. The Balaban J connectivity index is 2.65. The predicted octanol–water partition coefficient (Wildman–Crippen LogP) is -0.892. The molecule has 8 nitrogen and oxygen atoms in total. The number of aliphatic hydroxyl groups is 1. The van der Waals surface area contributed by atoms with Crippen LogP contribution >= 0.6 is 0 Å². The summed E-state index contributed by atoms with van der Waals surface area (Å²) in [6, 6.07) is 0. The Hall–Kier alpha value is -0.900. The van der Waals surface area contributed by atoms with Crippen LogP contribution in [0.5, 0.6) is 0 Å². The van der Waals surface area contributed by atoms with Crippen molar-refractivity contribution in [1.29, 1.82) is 0 Å². The third-order valence-corrected chi connectivity index (χ3v) is 3.73. The molecule has 0 aromatic carbocycles. The second-order valence-corrected chi connectivity index (χ2v) is 5.39. The summed E-state index contributed by atoms with van der Waals surface area (Å²) in [5.74, 6) is 0. The van der Waals surface area contributed by atoms with E-state index >= 15 is 0 Å². The van der Waals surface area contributed by atoms with Crippen LogP contribution in [0.15, 0.2) is 0 Å². The van der Waals surface area contributed by atoms with E-state index in [4.69, 9.17) is 4.74 Å². The van der Waals surface area contributed by atoms with Gasteiger partial charge in [0, 0.05) is 13.2 Å². The summed E-state index contributed by atoms with van der Waals surface area (Å²) in [6.07, 6.45) is -0.370. The smallest absolute Gasteiger partial charge is 0.421 e. The zero-order valence-corrected chi connectivity index (χ0v) is 11.0. The number of amides is 1. The number of hydrogen-bond donors (Lipinski definition) is 3. The highest BCUT2D eigenvalue weighted by Crippen LogP contribution is 2.20. The molecule has 3 N–H and O–H groups in total. The molecule has 0 aliphatic carbocycles. The van der Waals surface area contributed by atoms with Gasteiger partial charge in [0.05, 0.1) is 18.8 Å². The Bertz CT molecular complexity index is 377. The zero-order chi connectivity index (χ0) is 13.6. The van der Waals surface area contributed by atoms with Gasteiger partial charge in [0.1, 0.15) is 0 Å². The van der Waals surface area contributed by atoms with E-state index in [2.05, 4.69) is 9.46 Å². The number of hydrogen-bond acceptors (Lipinski definition) is 6. The van der Waals surface area contributed by atoms with Crippen molar-refractivity contribution in [3.63, 3.8) is 0 Å². The lowest BCUT2D eigenvalue weighted by Gasteiger charge is -2.35. The Kier molecular flexibility index (Phi) is 5.32. The second-order valence-electron chi connectivity index (χ2n) is 3.98. The first kappa shape index (κ1) is 15.2. The Morgan fingerprint density at radius 1 is 1.44 bits per heavy atom. The maximum absolute atomic E-state index is 11.7. The predicted molar refractivity (Wildman–Crippen MR) is 62.1 cm³/mol. The molecule has 1 aliphatic rings.